The molecule has 6 heteroatoms. The molecular weight excluding hydrogens is 290 g/mol. The molecule has 0 bridgehead atoms. The van der Waals surface area contributed by atoms with E-state index < -0.39 is 0 Å². The molecule has 0 aliphatic carbocycles. The molecule has 1 aromatic heterocycles. The van der Waals surface area contributed by atoms with Crippen LogP contribution in [0.1, 0.15) is 25.7 Å². The molecule has 114 valence electrons. The largest absolute Gasteiger partial charge is 0.472 e. The second-order valence-electron chi connectivity index (χ2n) is 5.63. The molecule has 0 aromatic carbocycles. The minimum Gasteiger partial charge on any atom is -0.472 e. The predicted molar refractivity (Wildman–Crippen MR) is 80.5 cm³/mol. The van der Waals surface area contributed by atoms with Gasteiger partial charge in [0.1, 0.15) is 6.10 Å². The van der Waals surface area contributed by atoms with Crippen LogP contribution < -0.4 is 10.1 Å². The van der Waals surface area contributed by atoms with Crippen molar-refractivity contribution in [3.63, 3.8) is 0 Å². The number of pyridine rings is 1. The zero-order valence-corrected chi connectivity index (χ0v) is 12.7. The van der Waals surface area contributed by atoms with Gasteiger partial charge in [0.05, 0.1) is 17.6 Å². The van der Waals surface area contributed by atoms with Crippen molar-refractivity contribution in [3.05, 3.63) is 23.4 Å². The summed E-state index contributed by atoms with van der Waals surface area (Å²) in [5.41, 5.74) is 0. The average Bonchev–Trinajstić information content (AvgIpc) is 3.03. The Morgan fingerprint density at radius 3 is 3.00 bits per heavy atom. The molecule has 2 fully saturated rings. The molecule has 1 amide bonds. The van der Waals surface area contributed by atoms with Crippen LogP contribution in [0.5, 0.6) is 5.88 Å². The van der Waals surface area contributed by atoms with Crippen LogP contribution in [0.4, 0.5) is 0 Å². The highest BCUT2D eigenvalue weighted by Crippen LogP contribution is 2.19. The third-order valence-corrected chi connectivity index (χ3v) is 4.26. The lowest BCUT2D eigenvalue weighted by Crippen LogP contribution is -2.50. The van der Waals surface area contributed by atoms with Crippen LogP contribution in [-0.2, 0) is 4.79 Å². The molecule has 3 rings (SSSR count). The fourth-order valence-corrected chi connectivity index (χ4v) is 3.06. The highest BCUT2D eigenvalue weighted by atomic mass is 35.5. The summed E-state index contributed by atoms with van der Waals surface area (Å²) in [4.78, 5) is 18.5. The standard InChI is InChI=1S/C15H20ClN3O2/c16-11-5-6-14(18-9-11)21-12-3-2-8-19(10-12)15(20)13-4-1-7-17-13/h5-6,9,12-13,17H,1-4,7-8,10H2/t12-,13+/m1/s1. The number of ether oxygens (including phenoxy) is 1. The Bertz CT molecular complexity index is 488. The summed E-state index contributed by atoms with van der Waals surface area (Å²) in [6.45, 7) is 2.41. The monoisotopic (exact) mass is 309 g/mol. The van der Waals surface area contributed by atoms with E-state index in [1.165, 1.54) is 0 Å². The minimum atomic E-state index is -0.00240. The zero-order valence-electron chi connectivity index (χ0n) is 11.9. The predicted octanol–water partition coefficient (Wildman–Crippen LogP) is 1.86. The molecule has 1 N–H and O–H groups in total. The van der Waals surface area contributed by atoms with Gasteiger partial charge in [-0.1, -0.05) is 11.6 Å². The van der Waals surface area contributed by atoms with Crippen LogP contribution in [-0.4, -0.2) is 47.6 Å². The number of carbonyl (C=O) groups is 1. The third-order valence-electron chi connectivity index (χ3n) is 4.04. The summed E-state index contributed by atoms with van der Waals surface area (Å²) in [5.74, 6) is 0.780. The molecule has 2 aliphatic heterocycles. The van der Waals surface area contributed by atoms with E-state index in [1.54, 1.807) is 18.3 Å². The summed E-state index contributed by atoms with van der Waals surface area (Å²) >= 11 is 5.81. The molecule has 3 heterocycles. The molecule has 2 atom stereocenters. The quantitative estimate of drug-likeness (QED) is 0.926. The maximum Gasteiger partial charge on any atom is 0.239 e. The average molecular weight is 310 g/mol. The molecule has 0 unspecified atom stereocenters. The number of aromatic nitrogens is 1. The normalized spacial score (nSPS) is 25.9. The summed E-state index contributed by atoms with van der Waals surface area (Å²) < 4.78 is 5.87. The van der Waals surface area contributed by atoms with E-state index in [9.17, 15) is 4.79 Å². The minimum absolute atomic E-state index is 0.00240. The number of carbonyl (C=O) groups excluding carboxylic acids is 1. The van der Waals surface area contributed by atoms with Crippen molar-refractivity contribution in [2.45, 2.75) is 37.8 Å². The van der Waals surface area contributed by atoms with E-state index in [1.807, 2.05) is 4.90 Å². The Hall–Kier alpha value is -1.33. The van der Waals surface area contributed by atoms with Gasteiger partial charge in [-0.25, -0.2) is 4.98 Å². The van der Waals surface area contributed by atoms with Gasteiger partial charge in [-0.3, -0.25) is 4.79 Å². The molecule has 1 aromatic rings. The summed E-state index contributed by atoms with van der Waals surface area (Å²) in [6.07, 6.45) is 5.53. The number of nitrogens with zero attached hydrogens (tertiary/aromatic N) is 2. The van der Waals surface area contributed by atoms with Crippen LogP contribution in [0.2, 0.25) is 5.02 Å². The van der Waals surface area contributed by atoms with E-state index in [-0.39, 0.29) is 18.1 Å². The van der Waals surface area contributed by atoms with Gasteiger partial charge in [0, 0.05) is 18.8 Å². The number of piperidine rings is 1. The topological polar surface area (TPSA) is 54.5 Å². The highest BCUT2D eigenvalue weighted by Gasteiger charge is 2.31. The zero-order chi connectivity index (χ0) is 14.7. The number of amides is 1. The van der Waals surface area contributed by atoms with Gasteiger partial charge in [0.15, 0.2) is 0 Å². The second kappa shape index (κ2) is 6.62. The van der Waals surface area contributed by atoms with E-state index in [4.69, 9.17) is 16.3 Å². The van der Waals surface area contributed by atoms with E-state index in [2.05, 4.69) is 10.3 Å². The first-order valence-corrected chi connectivity index (χ1v) is 7.90. The van der Waals surface area contributed by atoms with Crippen molar-refractivity contribution >= 4 is 17.5 Å². The lowest BCUT2D eigenvalue weighted by atomic mass is 10.1. The van der Waals surface area contributed by atoms with Crippen LogP contribution >= 0.6 is 11.6 Å². The van der Waals surface area contributed by atoms with Crippen molar-refractivity contribution in [1.82, 2.24) is 15.2 Å². The smallest absolute Gasteiger partial charge is 0.239 e. The Labute approximate surface area is 129 Å². The number of nitrogens with one attached hydrogen (secondary N) is 1. The fraction of sp³-hybridized carbons (Fsp3) is 0.600. The lowest BCUT2D eigenvalue weighted by molar-refractivity contribution is -0.135. The van der Waals surface area contributed by atoms with E-state index in [0.717, 1.165) is 38.8 Å². The maximum absolute atomic E-state index is 12.4. The number of likely N-dealkylation sites (tertiary alicyclic amines) is 1. The first-order valence-electron chi connectivity index (χ1n) is 7.53. The Kier molecular flexibility index (Phi) is 4.60. The first kappa shape index (κ1) is 14.6. The third kappa shape index (κ3) is 3.66. The van der Waals surface area contributed by atoms with Gasteiger partial charge in [-0.05, 0) is 38.3 Å². The van der Waals surface area contributed by atoms with Crippen LogP contribution in [0.25, 0.3) is 0 Å². The van der Waals surface area contributed by atoms with Gasteiger partial charge in [0.2, 0.25) is 11.8 Å². The Morgan fingerprint density at radius 1 is 1.38 bits per heavy atom. The van der Waals surface area contributed by atoms with Crippen molar-refractivity contribution in [3.8, 4) is 5.88 Å². The molecule has 5 nitrogen and oxygen atoms in total. The Morgan fingerprint density at radius 2 is 2.29 bits per heavy atom. The van der Waals surface area contributed by atoms with Gasteiger partial charge in [-0.2, -0.15) is 0 Å². The molecule has 2 saturated heterocycles. The van der Waals surface area contributed by atoms with E-state index in [0.29, 0.717) is 17.4 Å². The van der Waals surface area contributed by atoms with Gasteiger partial charge in [-0.15, -0.1) is 0 Å². The summed E-state index contributed by atoms with van der Waals surface area (Å²) in [6, 6.07) is 3.53. The van der Waals surface area contributed by atoms with Crippen LogP contribution in [0, 0.1) is 0 Å². The van der Waals surface area contributed by atoms with Crippen molar-refractivity contribution in [2.24, 2.45) is 0 Å². The van der Waals surface area contributed by atoms with Gasteiger partial charge in [0.25, 0.3) is 0 Å². The van der Waals surface area contributed by atoms with Crippen molar-refractivity contribution < 1.29 is 9.53 Å². The molecule has 0 radical (unpaired) electrons. The lowest BCUT2D eigenvalue weighted by Gasteiger charge is -2.34. The summed E-state index contributed by atoms with van der Waals surface area (Å²) in [7, 11) is 0. The highest BCUT2D eigenvalue weighted by molar-refractivity contribution is 6.30. The SMILES string of the molecule is O=C([C@@H]1CCCN1)N1CCC[C@@H](Oc2ccc(Cl)cn2)C1. The van der Waals surface area contributed by atoms with Crippen molar-refractivity contribution in [2.75, 3.05) is 19.6 Å². The Balaban J connectivity index is 1.57. The number of halogens is 1. The second-order valence-corrected chi connectivity index (χ2v) is 6.07. The molecule has 21 heavy (non-hydrogen) atoms. The number of rotatable bonds is 3. The van der Waals surface area contributed by atoms with Crippen molar-refractivity contribution in [1.29, 1.82) is 0 Å². The van der Waals surface area contributed by atoms with Crippen LogP contribution in [0.3, 0.4) is 0 Å². The number of hydrogen-bond donors (Lipinski definition) is 1. The van der Waals surface area contributed by atoms with Gasteiger partial charge < -0.3 is 15.0 Å². The van der Waals surface area contributed by atoms with Crippen LogP contribution in [0.15, 0.2) is 18.3 Å². The fourth-order valence-electron chi connectivity index (χ4n) is 2.95. The molecule has 0 spiro atoms. The van der Waals surface area contributed by atoms with E-state index >= 15 is 0 Å². The first-order chi connectivity index (χ1) is 10.2. The molecular formula is C15H20ClN3O2. The van der Waals surface area contributed by atoms with Gasteiger partial charge >= 0.3 is 0 Å². The maximum atomic E-state index is 12.4. The molecule has 0 saturated carbocycles. The summed E-state index contributed by atoms with van der Waals surface area (Å²) in [5, 5.41) is 3.86. The number of hydrogen-bond acceptors (Lipinski definition) is 4. The molecule has 2 aliphatic rings.